The van der Waals surface area contributed by atoms with Gasteiger partial charge in [-0.2, -0.15) is 4.31 Å². The van der Waals surface area contributed by atoms with Gasteiger partial charge in [-0.3, -0.25) is 0 Å². The molecule has 2 aliphatic heterocycles. The number of sulfonamides is 1. The van der Waals surface area contributed by atoms with Crippen molar-refractivity contribution in [3.63, 3.8) is 0 Å². The fraction of sp³-hybridized carbons (Fsp3) is 0.600. The number of hydrogen-bond donors (Lipinski definition) is 1. The van der Waals surface area contributed by atoms with Crippen LogP contribution in [0.4, 0.5) is 0 Å². The fourth-order valence-electron chi connectivity index (χ4n) is 3.06. The van der Waals surface area contributed by atoms with E-state index in [1.165, 1.54) is 0 Å². The molecule has 124 valence electrons. The normalized spacial score (nSPS) is 20.5. The third-order valence-corrected chi connectivity index (χ3v) is 6.10. The molecule has 2 aliphatic rings. The highest BCUT2D eigenvalue weighted by molar-refractivity contribution is 7.89. The molecule has 7 heteroatoms. The van der Waals surface area contributed by atoms with Gasteiger partial charge in [-0.15, -0.1) is 12.4 Å². The molecule has 1 aromatic rings. The van der Waals surface area contributed by atoms with E-state index in [4.69, 9.17) is 4.74 Å². The van der Waals surface area contributed by atoms with E-state index in [-0.39, 0.29) is 18.4 Å². The highest BCUT2D eigenvalue weighted by atomic mass is 35.5. The lowest BCUT2D eigenvalue weighted by Crippen LogP contribution is -2.42. The summed E-state index contributed by atoms with van der Waals surface area (Å²) in [4.78, 5) is 0.395. The first-order chi connectivity index (χ1) is 10.1. The predicted octanol–water partition coefficient (Wildman–Crippen LogP) is 1.81. The predicted molar refractivity (Wildman–Crippen MR) is 88.3 cm³/mol. The van der Waals surface area contributed by atoms with Crippen molar-refractivity contribution in [1.82, 2.24) is 9.62 Å². The van der Waals surface area contributed by atoms with Crippen LogP contribution in [0.1, 0.15) is 25.3 Å². The van der Waals surface area contributed by atoms with Gasteiger partial charge in [0.05, 0.1) is 11.5 Å². The number of halogens is 1. The molecule has 0 aliphatic carbocycles. The van der Waals surface area contributed by atoms with E-state index < -0.39 is 10.0 Å². The molecule has 22 heavy (non-hydrogen) atoms. The molecule has 1 saturated heterocycles. The molecule has 1 fully saturated rings. The second-order valence-electron chi connectivity index (χ2n) is 5.63. The molecule has 1 N–H and O–H groups in total. The zero-order valence-corrected chi connectivity index (χ0v) is 14.4. The van der Waals surface area contributed by atoms with Crippen LogP contribution < -0.4 is 10.1 Å². The second kappa shape index (κ2) is 7.17. The average Bonchev–Trinajstić information content (AvgIpc) is 3.14. The van der Waals surface area contributed by atoms with Crippen LogP contribution in [0.3, 0.4) is 0 Å². The summed E-state index contributed by atoms with van der Waals surface area (Å²) >= 11 is 0. The average molecular weight is 347 g/mol. The largest absolute Gasteiger partial charge is 0.493 e. The van der Waals surface area contributed by atoms with E-state index in [1.807, 2.05) is 6.92 Å². The summed E-state index contributed by atoms with van der Waals surface area (Å²) < 4.78 is 33.1. The Kier molecular flexibility index (Phi) is 5.71. The van der Waals surface area contributed by atoms with E-state index in [0.29, 0.717) is 18.0 Å². The molecule has 0 spiro atoms. The number of rotatable bonds is 5. The number of ether oxygens (including phenoxy) is 1. The number of nitrogens with zero attached hydrogens (tertiary/aromatic N) is 1. The first-order valence-corrected chi connectivity index (χ1v) is 9.05. The summed E-state index contributed by atoms with van der Waals surface area (Å²) in [5, 5.41) is 3.25. The van der Waals surface area contributed by atoms with Gasteiger partial charge >= 0.3 is 0 Å². The maximum absolute atomic E-state index is 13.0. The van der Waals surface area contributed by atoms with Crippen LogP contribution in [0, 0.1) is 0 Å². The first kappa shape index (κ1) is 17.5. The molecule has 0 saturated carbocycles. The van der Waals surface area contributed by atoms with Gasteiger partial charge in [-0.1, -0.05) is 6.92 Å². The van der Waals surface area contributed by atoms with Gasteiger partial charge in [0.2, 0.25) is 10.0 Å². The molecular formula is C15H23ClN2O3S. The van der Waals surface area contributed by atoms with Gasteiger partial charge in [-0.05, 0) is 43.1 Å². The van der Waals surface area contributed by atoms with Gasteiger partial charge in [0.25, 0.3) is 0 Å². The Balaban J connectivity index is 0.00000176. The SMILES string of the molecule is CCCN(C1CCNC1)S(=O)(=O)c1ccc2c(c1)CCO2.Cl. The van der Waals surface area contributed by atoms with Gasteiger partial charge in [0.15, 0.2) is 0 Å². The minimum absolute atomic E-state index is 0. The van der Waals surface area contributed by atoms with Crippen molar-refractivity contribution in [1.29, 1.82) is 0 Å². The molecule has 0 aromatic heterocycles. The zero-order chi connectivity index (χ0) is 14.9. The lowest BCUT2D eigenvalue weighted by Gasteiger charge is -2.27. The van der Waals surface area contributed by atoms with Gasteiger partial charge in [0, 0.05) is 25.6 Å². The van der Waals surface area contributed by atoms with Crippen LogP contribution >= 0.6 is 12.4 Å². The van der Waals surface area contributed by atoms with Crippen molar-refractivity contribution in [3.8, 4) is 5.75 Å². The van der Waals surface area contributed by atoms with Gasteiger partial charge in [0.1, 0.15) is 5.75 Å². The Morgan fingerprint density at radius 3 is 2.91 bits per heavy atom. The molecule has 1 aromatic carbocycles. The Hall–Kier alpha value is -0.820. The van der Waals surface area contributed by atoms with Gasteiger partial charge in [-0.25, -0.2) is 8.42 Å². The van der Waals surface area contributed by atoms with Crippen LogP contribution in [0.2, 0.25) is 0 Å². The van der Waals surface area contributed by atoms with E-state index >= 15 is 0 Å². The number of hydrogen-bond acceptors (Lipinski definition) is 4. The summed E-state index contributed by atoms with van der Waals surface area (Å²) in [5.74, 6) is 0.818. The van der Waals surface area contributed by atoms with Gasteiger partial charge < -0.3 is 10.1 Å². The van der Waals surface area contributed by atoms with E-state index in [2.05, 4.69) is 5.32 Å². The lowest BCUT2D eigenvalue weighted by atomic mass is 10.2. The van der Waals surface area contributed by atoms with Crippen molar-refractivity contribution >= 4 is 22.4 Å². The molecule has 0 amide bonds. The molecule has 1 unspecified atom stereocenters. The van der Waals surface area contributed by atoms with Crippen molar-refractivity contribution in [2.45, 2.75) is 37.1 Å². The van der Waals surface area contributed by atoms with Crippen LogP contribution in [0.25, 0.3) is 0 Å². The first-order valence-electron chi connectivity index (χ1n) is 7.61. The third kappa shape index (κ3) is 3.25. The Morgan fingerprint density at radius 2 is 2.23 bits per heavy atom. The zero-order valence-electron chi connectivity index (χ0n) is 12.7. The van der Waals surface area contributed by atoms with Crippen molar-refractivity contribution in [3.05, 3.63) is 23.8 Å². The third-order valence-electron chi connectivity index (χ3n) is 4.15. The van der Waals surface area contributed by atoms with Crippen LogP contribution in [0.5, 0.6) is 5.75 Å². The summed E-state index contributed by atoms with van der Waals surface area (Å²) in [7, 11) is -3.43. The summed E-state index contributed by atoms with van der Waals surface area (Å²) in [6, 6.07) is 5.30. The molecule has 0 bridgehead atoms. The Morgan fingerprint density at radius 1 is 1.41 bits per heavy atom. The topological polar surface area (TPSA) is 58.6 Å². The summed E-state index contributed by atoms with van der Waals surface area (Å²) in [6.07, 6.45) is 2.49. The number of benzene rings is 1. The highest BCUT2D eigenvalue weighted by Gasteiger charge is 2.33. The van der Waals surface area contributed by atoms with Crippen molar-refractivity contribution < 1.29 is 13.2 Å². The summed E-state index contributed by atoms with van der Waals surface area (Å²) in [6.45, 7) is 4.86. The van der Waals surface area contributed by atoms with E-state index in [0.717, 1.165) is 43.7 Å². The smallest absolute Gasteiger partial charge is 0.243 e. The second-order valence-corrected chi connectivity index (χ2v) is 7.52. The fourth-order valence-corrected chi connectivity index (χ4v) is 4.86. The quantitative estimate of drug-likeness (QED) is 0.883. The standard InChI is InChI=1S/C15H22N2O3S.ClH/c1-2-8-17(13-5-7-16-11-13)21(18,19)14-3-4-15-12(10-14)6-9-20-15;/h3-4,10,13,16H,2,5-9,11H2,1H3;1H. The highest BCUT2D eigenvalue weighted by Crippen LogP contribution is 2.30. The van der Waals surface area contributed by atoms with E-state index in [9.17, 15) is 8.42 Å². The monoisotopic (exact) mass is 346 g/mol. The molecule has 0 radical (unpaired) electrons. The van der Waals surface area contributed by atoms with Crippen LogP contribution in [0.15, 0.2) is 23.1 Å². The lowest BCUT2D eigenvalue weighted by molar-refractivity contribution is 0.335. The van der Waals surface area contributed by atoms with Crippen LogP contribution in [-0.4, -0.2) is 45.0 Å². The number of fused-ring (bicyclic) bond motifs is 1. The molecule has 1 atom stereocenters. The molecule has 5 nitrogen and oxygen atoms in total. The van der Waals surface area contributed by atoms with Crippen molar-refractivity contribution in [2.24, 2.45) is 0 Å². The molecule has 2 heterocycles. The maximum Gasteiger partial charge on any atom is 0.243 e. The molecule has 3 rings (SSSR count). The minimum atomic E-state index is -3.43. The van der Waals surface area contributed by atoms with E-state index in [1.54, 1.807) is 22.5 Å². The van der Waals surface area contributed by atoms with Crippen molar-refractivity contribution in [2.75, 3.05) is 26.2 Å². The number of nitrogens with one attached hydrogen (secondary N) is 1. The minimum Gasteiger partial charge on any atom is -0.493 e. The summed E-state index contributed by atoms with van der Waals surface area (Å²) in [5.41, 5.74) is 0.997. The Labute approximate surface area is 138 Å². The maximum atomic E-state index is 13.0. The molecular weight excluding hydrogens is 324 g/mol. The Bertz CT molecular complexity index is 615. The van der Waals surface area contributed by atoms with Crippen LogP contribution in [-0.2, 0) is 16.4 Å².